The SMILES string of the molecule is COc1cccc([C@H]2[C@H](C(=O)c3cccs3)N3c4ccccc4C=C[C@@H]3C23C(=O)c2ccccc2C3=O)c1OC. The predicted octanol–water partition coefficient (Wildman–Crippen LogP) is 6.08. The summed E-state index contributed by atoms with van der Waals surface area (Å²) in [6.07, 6.45) is 3.88. The van der Waals surface area contributed by atoms with Crippen molar-refractivity contribution in [3.63, 3.8) is 0 Å². The Balaban J connectivity index is 1.59. The zero-order valence-corrected chi connectivity index (χ0v) is 22.7. The number of hydrogen-bond donors (Lipinski definition) is 0. The van der Waals surface area contributed by atoms with Crippen LogP contribution in [0.5, 0.6) is 11.5 Å². The Kier molecular flexibility index (Phi) is 5.54. The number of hydrogen-bond acceptors (Lipinski definition) is 7. The van der Waals surface area contributed by atoms with Gasteiger partial charge in [0.1, 0.15) is 11.5 Å². The van der Waals surface area contributed by atoms with Crippen LogP contribution in [-0.2, 0) is 0 Å². The maximum atomic E-state index is 14.7. The van der Waals surface area contributed by atoms with E-state index < -0.39 is 23.4 Å². The molecule has 1 fully saturated rings. The first-order chi connectivity index (χ1) is 19.5. The number of anilines is 1. The minimum atomic E-state index is -1.59. The summed E-state index contributed by atoms with van der Waals surface area (Å²) in [5, 5.41) is 1.86. The second kappa shape index (κ2) is 9.03. The molecule has 0 radical (unpaired) electrons. The van der Waals surface area contributed by atoms with E-state index in [0.29, 0.717) is 33.1 Å². The van der Waals surface area contributed by atoms with E-state index in [9.17, 15) is 14.4 Å². The van der Waals surface area contributed by atoms with Crippen LogP contribution in [0.1, 0.15) is 47.4 Å². The number of ether oxygens (including phenoxy) is 2. The summed E-state index contributed by atoms with van der Waals surface area (Å²) in [4.78, 5) is 46.6. The van der Waals surface area contributed by atoms with E-state index in [-0.39, 0.29) is 17.3 Å². The van der Waals surface area contributed by atoms with Gasteiger partial charge >= 0.3 is 0 Å². The van der Waals surface area contributed by atoms with Crippen LogP contribution in [0.15, 0.2) is 90.3 Å². The van der Waals surface area contributed by atoms with E-state index in [0.717, 1.165) is 11.3 Å². The molecule has 3 aliphatic rings. The molecule has 0 bridgehead atoms. The lowest BCUT2D eigenvalue weighted by atomic mass is 9.64. The molecule has 0 unspecified atom stereocenters. The van der Waals surface area contributed by atoms with Gasteiger partial charge in [-0.15, -0.1) is 11.3 Å². The lowest BCUT2D eigenvalue weighted by Gasteiger charge is -2.37. The van der Waals surface area contributed by atoms with Crippen molar-refractivity contribution in [2.24, 2.45) is 5.41 Å². The number of Topliss-reactive ketones (excluding diaryl/α,β-unsaturated/α-hetero) is 3. The predicted molar refractivity (Wildman–Crippen MR) is 154 cm³/mol. The summed E-state index contributed by atoms with van der Waals surface area (Å²) in [6, 6.07) is 22.3. The molecule has 1 aromatic heterocycles. The van der Waals surface area contributed by atoms with Gasteiger partial charge < -0.3 is 14.4 Å². The second-order valence-electron chi connectivity index (χ2n) is 10.2. The number of carbonyl (C=O) groups is 3. The monoisotopic (exact) mass is 547 g/mol. The Hall–Kier alpha value is -4.49. The molecule has 0 saturated carbocycles. The molecule has 0 N–H and O–H groups in total. The first kappa shape index (κ1) is 24.5. The fourth-order valence-corrected chi connectivity index (χ4v) is 7.68. The number of carbonyl (C=O) groups excluding carboxylic acids is 3. The number of fused-ring (bicyclic) bond motifs is 5. The number of para-hydroxylation sites is 2. The van der Waals surface area contributed by atoms with Crippen molar-refractivity contribution >= 4 is 40.4 Å². The molecule has 7 heteroatoms. The van der Waals surface area contributed by atoms with E-state index in [4.69, 9.17) is 9.47 Å². The van der Waals surface area contributed by atoms with Gasteiger partial charge in [0.25, 0.3) is 0 Å². The second-order valence-corrected chi connectivity index (χ2v) is 11.1. The molecule has 3 atom stereocenters. The highest BCUT2D eigenvalue weighted by Gasteiger charge is 2.72. The normalized spacial score (nSPS) is 21.8. The van der Waals surface area contributed by atoms with Gasteiger partial charge in [-0.1, -0.05) is 72.8 Å². The summed E-state index contributed by atoms with van der Waals surface area (Å²) in [5.74, 6) is -0.679. The van der Waals surface area contributed by atoms with Gasteiger partial charge in [0.05, 0.1) is 25.1 Å². The minimum Gasteiger partial charge on any atom is -0.493 e. The Bertz CT molecular complexity index is 1690. The number of methoxy groups -OCH3 is 2. The van der Waals surface area contributed by atoms with Crippen molar-refractivity contribution < 1.29 is 23.9 Å². The van der Waals surface area contributed by atoms with Crippen molar-refractivity contribution in [1.82, 2.24) is 0 Å². The molecular formula is C33H25NO5S. The molecule has 40 heavy (non-hydrogen) atoms. The zero-order valence-electron chi connectivity index (χ0n) is 21.9. The highest BCUT2D eigenvalue weighted by atomic mass is 32.1. The molecule has 0 amide bonds. The first-order valence-corrected chi connectivity index (χ1v) is 13.9. The third-order valence-electron chi connectivity index (χ3n) is 8.51. The van der Waals surface area contributed by atoms with Gasteiger partial charge in [-0.05, 0) is 29.1 Å². The van der Waals surface area contributed by atoms with Crippen LogP contribution in [0.4, 0.5) is 5.69 Å². The van der Waals surface area contributed by atoms with Crippen LogP contribution in [0, 0.1) is 5.41 Å². The molecule has 1 aliphatic carbocycles. The number of rotatable bonds is 5. The molecule has 3 heterocycles. The summed E-state index contributed by atoms with van der Waals surface area (Å²) in [7, 11) is 3.08. The summed E-state index contributed by atoms with van der Waals surface area (Å²) in [5.41, 5.74) is 1.50. The summed E-state index contributed by atoms with van der Waals surface area (Å²) in [6.45, 7) is 0. The van der Waals surface area contributed by atoms with Gasteiger partial charge in [0.15, 0.2) is 28.8 Å². The molecule has 198 valence electrons. The first-order valence-electron chi connectivity index (χ1n) is 13.1. The van der Waals surface area contributed by atoms with Crippen molar-refractivity contribution in [3.8, 4) is 11.5 Å². The van der Waals surface area contributed by atoms with Crippen LogP contribution >= 0.6 is 11.3 Å². The topological polar surface area (TPSA) is 72.9 Å². The Morgan fingerprint density at radius 3 is 2.25 bits per heavy atom. The fraction of sp³-hybridized carbons (Fsp3) is 0.182. The van der Waals surface area contributed by atoms with Gasteiger partial charge in [-0.2, -0.15) is 0 Å². The molecule has 1 saturated heterocycles. The maximum absolute atomic E-state index is 14.7. The third-order valence-corrected chi connectivity index (χ3v) is 9.40. The van der Waals surface area contributed by atoms with E-state index in [1.54, 1.807) is 43.5 Å². The largest absolute Gasteiger partial charge is 0.493 e. The van der Waals surface area contributed by atoms with Crippen molar-refractivity contribution in [2.75, 3.05) is 19.1 Å². The Labute approximate surface area is 235 Å². The smallest absolute Gasteiger partial charge is 0.195 e. The van der Waals surface area contributed by atoms with E-state index in [2.05, 4.69) is 0 Å². The number of benzene rings is 3. The Morgan fingerprint density at radius 1 is 0.850 bits per heavy atom. The van der Waals surface area contributed by atoms with Gasteiger partial charge in [-0.25, -0.2) is 0 Å². The number of nitrogens with zero attached hydrogens (tertiary/aromatic N) is 1. The van der Waals surface area contributed by atoms with Crippen LogP contribution < -0.4 is 14.4 Å². The summed E-state index contributed by atoms with van der Waals surface area (Å²) >= 11 is 1.35. The van der Waals surface area contributed by atoms with Crippen LogP contribution in [-0.4, -0.2) is 43.7 Å². The van der Waals surface area contributed by atoms with Crippen molar-refractivity contribution in [1.29, 1.82) is 0 Å². The lowest BCUT2D eigenvalue weighted by molar-refractivity contribution is 0.0664. The fourth-order valence-electron chi connectivity index (χ4n) is 6.98. The molecule has 1 spiro atoms. The molecule has 4 aromatic rings. The number of thiophene rings is 1. The molecular weight excluding hydrogens is 522 g/mol. The van der Waals surface area contributed by atoms with Crippen LogP contribution in [0.2, 0.25) is 0 Å². The molecule has 7 rings (SSSR count). The van der Waals surface area contributed by atoms with Gasteiger partial charge in [0, 0.05) is 28.3 Å². The van der Waals surface area contributed by atoms with E-state index >= 15 is 0 Å². The quantitative estimate of drug-likeness (QED) is 0.223. The van der Waals surface area contributed by atoms with E-state index in [1.165, 1.54) is 18.4 Å². The zero-order chi connectivity index (χ0) is 27.6. The van der Waals surface area contributed by atoms with Crippen LogP contribution in [0.3, 0.4) is 0 Å². The van der Waals surface area contributed by atoms with E-state index in [1.807, 2.05) is 64.9 Å². The highest BCUT2D eigenvalue weighted by Crippen LogP contribution is 2.62. The Morgan fingerprint density at radius 2 is 1.57 bits per heavy atom. The molecule has 2 aliphatic heterocycles. The van der Waals surface area contributed by atoms with Gasteiger partial charge in [-0.3, -0.25) is 14.4 Å². The third kappa shape index (κ3) is 3.06. The number of ketones is 3. The minimum absolute atomic E-state index is 0.145. The molecule has 6 nitrogen and oxygen atoms in total. The van der Waals surface area contributed by atoms with Crippen molar-refractivity contribution in [3.05, 3.63) is 117 Å². The van der Waals surface area contributed by atoms with Crippen LogP contribution in [0.25, 0.3) is 6.08 Å². The average Bonchev–Trinajstić information content (AvgIpc) is 3.70. The van der Waals surface area contributed by atoms with Crippen molar-refractivity contribution in [2.45, 2.75) is 18.0 Å². The summed E-state index contributed by atoms with van der Waals surface area (Å²) < 4.78 is 11.5. The lowest BCUT2D eigenvalue weighted by Crippen LogP contribution is -2.48. The van der Waals surface area contributed by atoms with Gasteiger partial charge in [0.2, 0.25) is 0 Å². The average molecular weight is 548 g/mol. The molecule has 3 aromatic carbocycles. The standard InChI is InChI=1S/C33H25NO5S/c1-38-24-14-7-12-22(30(24)39-2)27-28(29(35)25-15-8-18-40-25)34-23-13-6-3-9-19(23)16-17-26(34)33(27)31(36)20-10-4-5-11-21(20)32(33)37/h3-18,26-28H,1-2H3/t26-,27+,28-/m1/s1. The highest BCUT2D eigenvalue weighted by molar-refractivity contribution is 7.12. The maximum Gasteiger partial charge on any atom is 0.195 e.